The van der Waals surface area contributed by atoms with Gasteiger partial charge in [0.05, 0.1) is 11.8 Å². The maximum Gasteiger partial charge on any atom is 0.308 e. The summed E-state index contributed by atoms with van der Waals surface area (Å²) in [7, 11) is 0. The molecule has 1 aliphatic carbocycles. The van der Waals surface area contributed by atoms with E-state index in [2.05, 4.69) is 37.8 Å². The molecule has 7 heteroatoms. The van der Waals surface area contributed by atoms with E-state index in [1.807, 2.05) is 30.9 Å². The topological polar surface area (TPSA) is 49.9 Å². The predicted molar refractivity (Wildman–Crippen MR) is 146 cm³/mol. The number of piperidine rings is 1. The summed E-state index contributed by atoms with van der Waals surface area (Å²) < 4.78 is 34.7. The summed E-state index contributed by atoms with van der Waals surface area (Å²) in [4.78, 5) is 30.8. The normalized spacial score (nSPS) is 24.8. The highest BCUT2D eigenvalue weighted by Gasteiger charge is 2.52. The van der Waals surface area contributed by atoms with Crippen LogP contribution in [0.5, 0.6) is 0 Å². The lowest BCUT2D eigenvalue weighted by Gasteiger charge is -2.44. The number of amides is 1. The second-order valence-corrected chi connectivity index (χ2v) is 12.9. The lowest BCUT2D eigenvalue weighted by atomic mass is 9.72. The smallest absolute Gasteiger partial charge is 0.308 e. The number of nitrogens with zero attached hydrogens (tertiary/aromatic N) is 2. The number of benzene rings is 2. The Morgan fingerprint density at radius 1 is 1.03 bits per heavy atom. The van der Waals surface area contributed by atoms with E-state index in [0.29, 0.717) is 51.0 Å². The van der Waals surface area contributed by atoms with Crippen molar-refractivity contribution >= 4 is 11.9 Å². The number of rotatable bonds is 4. The molecular weight excluding hydrogens is 498 g/mol. The van der Waals surface area contributed by atoms with Crippen molar-refractivity contribution in [3.8, 4) is 0 Å². The minimum atomic E-state index is -0.615. The van der Waals surface area contributed by atoms with Crippen LogP contribution >= 0.6 is 0 Å². The Balaban J connectivity index is 1.38. The van der Waals surface area contributed by atoms with Crippen molar-refractivity contribution in [1.29, 1.82) is 0 Å². The van der Waals surface area contributed by atoms with Crippen LogP contribution in [0.15, 0.2) is 42.5 Å². The van der Waals surface area contributed by atoms with E-state index in [4.69, 9.17) is 4.74 Å². The molecule has 2 aromatic rings. The predicted octanol–water partition coefficient (Wildman–Crippen LogP) is 5.46. The fourth-order valence-corrected chi connectivity index (χ4v) is 6.85. The Labute approximate surface area is 230 Å². The Kier molecular flexibility index (Phi) is 7.34. The average Bonchev–Trinajstić information content (AvgIpc) is 3.45. The molecule has 3 atom stereocenters. The minimum Gasteiger partial charge on any atom is -0.461 e. The van der Waals surface area contributed by atoms with Crippen LogP contribution in [0.4, 0.5) is 8.78 Å². The molecule has 0 unspecified atom stereocenters. The minimum absolute atomic E-state index is 0.0207. The van der Waals surface area contributed by atoms with Gasteiger partial charge >= 0.3 is 5.97 Å². The molecule has 2 fully saturated rings. The molecule has 0 bridgehead atoms. The Morgan fingerprint density at radius 2 is 1.72 bits per heavy atom. The number of likely N-dealkylation sites (tertiary alicyclic amines) is 2. The van der Waals surface area contributed by atoms with Crippen molar-refractivity contribution in [2.75, 3.05) is 26.2 Å². The molecule has 0 saturated carbocycles. The quantitative estimate of drug-likeness (QED) is 0.485. The van der Waals surface area contributed by atoms with E-state index in [1.165, 1.54) is 23.3 Å². The first-order valence-corrected chi connectivity index (χ1v) is 14.2. The molecule has 210 valence electrons. The molecule has 2 saturated heterocycles. The Morgan fingerprint density at radius 3 is 2.36 bits per heavy atom. The van der Waals surface area contributed by atoms with Gasteiger partial charge in [-0.25, -0.2) is 8.78 Å². The number of ether oxygens (including phenoxy) is 1. The molecule has 5 rings (SSSR count). The van der Waals surface area contributed by atoms with Gasteiger partial charge in [0.15, 0.2) is 0 Å². The summed E-state index contributed by atoms with van der Waals surface area (Å²) in [6.07, 6.45) is 1.86. The highest BCUT2D eigenvalue weighted by Crippen LogP contribution is 2.48. The van der Waals surface area contributed by atoms with Gasteiger partial charge in [-0.05, 0) is 56.4 Å². The van der Waals surface area contributed by atoms with Crippen LogP contribution in [0.25, 0.3) is 0 Å². The first-order valence-electron chi connectivity index (χ1n) is 14.2. The Hall–Kier alpha value is -2.80. The summed E-state index contributed by atoms with van der Waals surface area (Å²) >= 11 is 0. The summed E-state index contributed by atoms with van der Waals surface area (Å²) in [5.74, 6) is -2.34. The third-order valence-corrected chi connectivity index (χ3v) is 9.22. The van der Waals surface area contributed by atoms with E-state index in [9.17, 15) is 18.4 Å². The number of esters is 1. The van der Waals surface area contributed by atoms with Crippen LogP contribution in [0, 0.1) is 23.5 Å². The van der Waals surface area contributed by atoms with Crippen LogP contribution in [0.3, 0.4) is 0 Å². The Bertz CT molecular complexity index is 1250. The lowest BCUT2D eigenvalue weighted by Crippen LogP contribution is -2.52. The van der Waals surface area contributed by atoms with Crippen molar-refractivity contribution in [2.45, 2.75) is 76.9 Å². The van der Waals surface area contributed by atoms with Gasteiger partial charge in [-0.2, -0.15) is 0 Å². The van der Waals surface area contributed by atoms with E-state index < -0.39 is 17.6 Å². The SMILES string of the molecule is CC(C)C(=O)O[C@@H]1Cc2ccccc2C12CCN(C(=O)[C@@H]1CN(C(C)(C)C)C[C@H]1c1ccc(F)cc1F)CC2. The zero-order chi connectivity index (χ0) is 28.1. The van der Waals surface area contributed by atoms with E-state index in [1.54, 1.807) is 0 Å². The third kappa shape index (κ3) is 5.10. The maximum absolute atomic E-state index is 14.9. The standard InChI is InChI=1S/C32H40F2N2O3/c1-20(2)30(38)39-28-16-21-8-6-7-9-26(21)32(28)12-14-35(15-13-32)29(37)25-19-36(31(3,4)5)18-24(25)23-11-10-22(33)17-27(23)34/h6-11,17,20,24-25,28H,12-16,18-19H2,1-5H3/t24-,25+,28+/m0/s1. The fraction of sp³-hybridized carbons (Fsp3) is 0.562. The molecule has 0 radical (unpaired) electrons. The zero-order valence-corrected chi connectivity index (χ0v) is 23.7. The van der Waals surface area contributed by atoms with E-state index in [-0.39, 0.29) is 40.8 Å². The third-order valence-electron chi connectivity index (χ3n) is 9.22. The van der Waals surface area contributed by atoms with E-state index >= 15 is 0 Å². The monoisotopic (exact) mass is 538 g/mol. The lowest BCUT2D eigenvalue weighted by molar-refractivity contribution is -0.158. The maximum atomic E-state index is 14.9. The average molecular weight is 539 g/mol. The molecule has 2 aliphatic heterocycles. The van der Waals surface area contributed by atoms with Gasteiger partial charge < -0.3 is 9.64 Å². The van der Waals surface area contributed by atoms with Gasteiger partial charge in [0.25, 0.3) is 0 Å². The van der Waals surface area contributed by atoms with Crippen molar-refractivity contribution < 1.29 is 23.1 Å². The van der Waals surface area contributed by atoms with Crippen LogP contribution in [-0.4, -0.2) is 59.5 Å². The molecule has 0 N–H and O–H groups in total. The molecule has 5 nitrogen and oxygen atoms in total. The number of hydrogen-bond acceptors (Lipinski definition) is 4. The summed E-state index contributed by atoms with van der Waals surface area (Å²) in [5, 5.41) is 0. The van der Waals surface area contributed by atoms with Crippen molar-refractivity contribution in [3.63, 3.8) is 0 Å². The zero-order valence-electron chi connectivity index (χ0n) is 23.7. The van der Waals surface area contributed by atoms with Crippen LogP contribution in [0.2, 0.25) is 0 Å². The van der Waals surface area contributed by atoms with Gasteiger partial charge in [0.2, 0.25) is 5.91 Å². The molecule has 2 aromatic carbocycles. The summed E-state index contributed by atoms with van der Waals surface area (Å²) in [5.41, 5.74) is 2.34. The number of carbonyl (C=O) groups is 2. The van der Waals surface area contributed by atoms with Crippen LogP contribution < -0.4 is 0 Å². The molecule has 39 heavy (non-hydrogen) atoms. The summed E-state index contributed by atoms with van der Waals surface area (Å²) in [6, 6.07) is 12.0. The van der Waals surface area contributed by atoms with Gasteiger partial charge in [-0.15, -0.1) is 0 Å². The summed E-state index contributed by atoms with van der Waals surface area (Å²) in [6.45, 7) is 12.2. The molecular formula is C32H40F2N2O3. The second-order valence-electron chi connectivity index (χ2n) is 12.9. The van der Waals surface area contributed by atoms with Gasteiger partial charge in [0, 0.05) is 55.5 Å². The highest BCUT2D eigenvalue weighted by atomic mass is 19.1. The molecule has 1 amide bonds. The molecule has 3 aliphatic rings. The number of hydrogen-bond donors (Lipinski definition) is 0. The largest absolute Gasteiger partial charge is 0.461 e. The molecule has 2 heterocycles. The van der Waals surface area contributed by atoms with E-state index in [0.717, 1.165) is 6.07 Å². The van der Waals surface area contributed by atoms with Crippen LogP contribution in [-0.2, 0) is 26.2 Å². The van der Waals surface area contributed by atoms with Gasteiger partial charge in [0.1, 0.15) is 17.7 Å². The van der Waals surface area contributed by atoms with Gasteiger partial charge in [-0.1, -0.05) is 44.2 Å². The number of carbonyl (C=O) groups excluding carboxylic acids is 2. The van der Waals surface area contributed by atoms with Crippen molar-refractivity contribution in [1.82, 2.24) is 9.80 Å². The fourth-order valence-electron chi connectivity index (χ4n) is 6.85. The first kappa shape index (κ1) is 27.8. The molecule has 1 spiro atoms. The molecule has 0 aromatic heterocycles. The van der Waals surface area contributed by atoms with Crippen molar-refractivity contribution in [2.24, 2.45) is 11.8 Å². The van der Waals surface area contributed by atoms with Crippen LogP contribution in [0.1, 0.15) is 70.1 Å². The second kappa shape index (κ2) is 10.3. The number of fused-ring (bicyclic) bond motifs is 2. The van der Waals surface area contributed by atoms with Gasteiger partial charge in [-0.3, -0.25) is 14.5 Å². The number of halogens is 2. The first-order chi connectivity index (χ1) is 18.4. The highest BCUT2D eigenvalue weighted by molar-refractivity contribution is 5.81. The van der Waals surface area contributed by atoms with Crippen molar-refractivity contribution in [3.05, 3.63) is 70.8 Å².